The minimum atomic E-state index is -0.905. The Kier molecular flexibility index (Phi) is 2.45. The Bertz CT molecular complexity index is 368. The number of carbonyl (C=O) groups excluding carboxylic acids is 1. The summed E-state index contributed by atoms with van der Waals surface area (Å²) in [6, 6.07) is 1.72. The van der Waals surface area contributed by atoms with E-state index >= 15 is 0 Å². The van der Waals surface area contributed by atoms with Gasteiger partial charge in [0, 0.05) is 25.9 Å². The molecule has 2 rings (SSSR count). The van der Waals surface area contributed by atoms with Crippen LogP contribution in [0.5, 0.6) is 0 Å². The van der Waals surface area contributed by atoms with Crippen molar-refractivity contribution in [3.8, 4) is 0 Å². The average Bonchev–Trinajstić information content (AvgIpc) is 2.76. The zero-order valence-electron chi connectivity index (χ0n) is 8.56. The SMILES string of the molecule is Cn1ccc(NC(=O)C2(N)CCOC2)n1. The first-order chi connectivity index (χ1) is 7.10. The number of hydrogen-bond donors (Lipinski definition) is 2. The molecule has 0 bridgehead atoms. The van der Waals surface area contributed by atoms with Gasteiger partial charge in [0.15, 0.2) is 5.82 Å². The Hall–Kier alpha value is -1.40. The molecule has 3 N–H and O–H groups in total. The summed E-state index contributed by atoms with van der Waals surface area (Å²) in [5, 5.41) is 6.71. The molecule has 1 saturated heterocycles. The van der Waals surface area contributed by atoms with E-state index in [1.807, 2.05) is 0 Å². The number of rotatable bonds is 2. The van der Waals surface area contributed by atoms with Crippen LogP contribution in [0.15, 0.2) is 12.3 Å². The van der Waals surface area contributed by atoms with Gasteiger partial charge in [0.05, 0.1) is 6.61 Å². The zero-order valence-corrected chi connectivity index (χ0v) is 8.56. The second kappa shape index (κ2) is 3.63. The first kappa shape index (κ1) is 10.1. The molecule has 1 aliphatic heterocycles. The summed E-state index contributed by atoms with van der Waals surface area (Å²) in [6.07, 6.45) is 2.30. The van der Waals surface area contributed by atoms with Gasteiger partial charge in [-0.25, -0.2) is 0 Å². The molecule has 2 heterocycles. The lowest BCUT2D eigenvalue weighted by Crippen LogP contribution is -2.51. The molecule has 0 aliphatic carbocycles. The third-order valence-corrected chi connectivity index (χ3v) is 2.46. The lowest BCUT2D eigenvalue weighted by Gasteiger charge is -2.19. The van der Waals surface area contributed by atoms with E-state index < -0.39 is 5.54 Å². The van der Waals surface area contributed by atoms with E-state index in [-0.39, 0.29) is 12.5 Å². The molecule has 1 amide bonds. The maximum atomic E-state index is 11.8. The quantitative estimate of drug-likeness (QED) is 0.688. The highest BCUT2D eigenvalue weighted by atomic mass is 16.5. The van der Waals surface area contributed by atoms with Gasteiger partial charge in [0.25, 0.3) is 0 Å². The Morgan fingerprint density at radius 2 is 2.60 bits per heavy atom. The number of carbonyl (C=O) groups is 1. The normalized spacial score (nSPS) is 25.5. The van der Waals surface area contributed by atoms with E-state index in [0.29, 0.717) is 18.8 Å². The number of nitrogens with zero attached hydrogens (tertiary/aromatic N) is 2. The molecule has 1 unspecified atom stereocenters. The third kappa shape index (κ3) is 2.00. The Morgan fingerprint density at radius 1 is 1.80 bits per heavy atom. The molecular weight excluding hydrogens is 196 g/mol. The molecule has 0 saturated carbocycles. The van der Waals surface area contributed by atoms with Crippen molar-refractivity contribution in [3.63, 3.8) is 0 Å². The molecule has 6 nitrogen and oxygen atoms in total. The molecule has 0 aromatic carbocycles. The average molecular weight is 210 g/mol. The molecular formula is C9H14N4O2. The number of aromatic nitrogens is 2. The second-order valence-electron chi connectivity index (χ2n) is 3.79. The van der Waals surface area contributed by atoms with E-state index in [0.717, 1.165) is 0 Å². The first-order valence-corrected chi connectivity index (χ1v) is 4.78. The molecule has 82 valence electrons. The van der Waals surface area contributed by atoms with Crippen LogP contribution in [0.3, 0.4) is 0 Å². The summed E-state index contributed by atoms with van der Waals surface area (Å²) < 4.78 is 6.73. The van der Waals surface area contributed by atoms with E-state index in [4.69, 9.17) is 10.5 Å². The number of amides is 1. The number of hydrogen-bond acceptors (Lipinski definition) is 4. The first-order valence-electron chi connectivity index (χ1n) is 4.78. The van der Waals surface area contributed by atoms with Gasteiger partial charge in [-0.15, -0.1) is 0 Å². The molecule has 6 heteroatoms. The van der Waals surface area contributed by atoms with Crippen LogP contribution in [0.25, 0.3) is 0 Å². The van der Waals surface area contributed by atoms with Gasteiger partial charge in [-0.2, -0.15) is 5.10 Å². The number of nitrogens with two attached hydrogens (primary N) is 1. The molecule has 0 radical (unpaired) electrons. The third-order valence-electron chi connectivity index (χ3n) is 2.46. The maximum Gasteiger partial charge on any atom is 0.248 e. The fourth-order valence-electron chi connectivity index (χ4n) is 1.48. The number of nitrogens with one attached hydrogen (secondary N) is 1. The smallest absolute Gasteiger partial charge is 0.248 e. The minimum absolute atomic E-state index is 0.237. The standard InChI is InChI=1S/C9H14N4O2/c1-13-4-2-7(12-13)11-8(14)9(10)3-5-15-6-9/h2,4H,3,5-6,10H2,1H3,(H,11,12,14). The minimum Gasteiger partial charge on any atom is -0.379 e. The highest BCUT2D eigenvalue weighted by molar-refractivity contribution is 5.97. The van der Waals surface area contributed by atoms with E-state index in [9.17, 15) is 4.79 Å². The summed E-state index contributed by atoms with van der Waals surface area (Å²) >= 11 is 0. The Labute approximate surface area is 87.4 Å². The van der Waals surface area contributed by atoms with Gasteiger partial charge in [0.1, 0.15) is 5.54 Å². The Morgan fingerprint density at radius 3 is 3.13 bits per heavy atom. The van der Waals surface area contributed by atoms with Crippen LogP contribution in [0.2, 0.25) is 0 Å². The monoisotopic (exact) mass is 210 g/mol. The zero-order chi connectivity index (χ0) is 10.9. The van der Waals surface area contributed by atoms with Crippen LogP contribution < -0.4 is 11.1 Å². The van der Waals surface area contributed by atoms with Gasteiger partial charge >= 0.3 is 0 Å². The summed E-state index contributed by atoms with van der Waals surface area (Å²) in [7, 11) is 1.78. The highest BCUT2D eigenvalue weighted by Crippen LogP contribution is 2.17. The van der Waals surface area contributed by atoms with Crippen LogP contribution in [0, 0.1) is 0 Å². The van der Waals surface area contributed by atoms with Crippen molar-refractivity contribution in [1.29, 1.82) is 0 Å². The van der Waals surface area contributed by atoms with E-state index in [1.165, 1.54) is 0 Å². The molecule has 1 aliphatic rings. The highest BCUT2D eigenvalue weighted by Gasteiger charge is 2.38. The largest absolute Gasteiger partial charge is 0.379 e. The van der Waals surface area contributed by atoms with Crippen molar-refractivity contribution in [3.05, 3.63) is 12.3 Å². The van der Waals surface area contributed by atoms with Gasteiger partial charge in [0.2, 0.25) is 5.91 Å². The van der Waals surface area contributed by atoms with Crippen molar-refractivity contribution >= 4 is 11.7 Å². The number of ether oxygens (including phenoxy) is 1. The van der Waals surface area contributed by atoms with Crippen molar-refractivity contribution in [1.82, 2.24) is 9.78 Å². The van der Waals surface area contributed by atoms with Crippen molar-refractivity contribution in [2.24, 2.45) is 12.8 Å². The lowest BCUT2D eigenvalue weighted by atomic mass is 9.99. The Balaban J connectivity index is 2.03. The number of anilines is 1. The summed E-state index contributed by atoms with van der Waals surface area (Å²) in [6.45, 7) is 0.803. The summed E-state index contributed by atoms with van der Waals surface area (Å²) in [5.41, 5.74) is 4.98. The van der Waals surface area contributed by atoms with Crippen LogP contribution >= 0.6 is 0 Å². The fourth-order valence-corrected chi connectivity index (χ4v) is 1.48. The predicted octanol–water partition coefficient (Wildman–Crippen LogP) is -0.524. The molecule has 15 heavy (non-hydrogen) atoms. The van der Waals surface area contributed by atoms with Crippen LogP contribution in [-0.4, -0.2) is 34.4 Å². The molecule has 1 atom stereocenters. The maximum absolute atomic E-state index is 11.8. The van der Waals surface area contributed by atoms with Crippen molar-refractivity contribution < 1.29 is 9.53 Å². The molecule has 1 aromatic heterocycles. The topological polar surface area (TPSA) is 82.2 Å². The van der Waals surface area contributed by atoms with Crippen molar-refractivity contribution in [2.75, 3.05) is 18.5 Å². The number of aryl methyl sites for hydroxylation is 1. The van der Waals surface area contributed by atoms with Gasteiger partial charge < -0.3 is 15.8 Å². The predicted molar refractivity (Wildman–Crippen MR) is 54.2 cm³/mol. The molecule has 0 spiro atoms. The fraction of sp³-hybridized carbons (Fsp3) is 0.556. The van der Waals surface area contributed by atoms with Gasteiger partial charge in [-0.1, -0.05) is 0 Å². The summed E-state index contributed by atoms with van der Waals surface area (Å²) in [4.78, 5) is 11.8. The lowest BCUT2D eigenvalue weighted by molar-refractivity contribution is -0.121. The van der Waals surface area contributed by atoms with Crippen LogP contribution in [0.1, 0.15) is 6.42 Å². The van der Waals surface area contributed by atoms with Gasteiger partial charge in [-0.3, -0.25) is 9.48 Å². The van der Waals surface area contributed by atoms with Gasteiger partial charge in [-0.05, 0) is 6.42 Å². The second-order valence-corrected chi connectivity index (χ2v) is 3.79. The summed E-state index contributed by atoms with van der Waals surface area (Å²) in [5.74, 6) is 0.276. The van der Waals surface area contributed by atoms with E-state index in [1.54, 1.807) is 24.0 Å². The van der Waals surface area contributed by atoms with Crippen molar-refractivity contribution in [2.45, 2.75) is 12.0 Å². The molecule has 1 fully saturated rings. The molecule has 1 aromatic rings. The van der Waals surface area contributed by atoms with Crippen LogP contribution in [-0.2, 0) is 16.6 Å². The van der Waals surface area contributed by atoms with Crippen LogP contribution in [0.4, 0.5) is 5.82 Å². The van der Waals surface area contributed by atoms with E-state index in [2.05, 4.69) is 10.4 Å².